The molecule has 2 aromatic rings. The number of benzene rings is 2. The third kappa shape index (κ3) is 3.48. The lowest BCUT2D eigenvalue weighted by molar-refractivity contribution is 0.0628. The minimum atomic E-state index is -0.444. The van der Waals surface area contributed by atoms with Crippen molar-refractivity contribution < 1.29 is 18.7 Å². The van der Waals surface area contributed by atoms with Crippen LogP contribution >= 0.6 is 11.6 Å². The van der Waals surface area contributed by atoms with E-state index in [2.05, 4.69) is 4.90 Å². The van der Waals surface area contributed by atoms with Crippen molar-refractivity contribution in [3.05, 3.63) is 58.4 Å². The molecule has 2 aliphatic heterocycles. The van der Waals surface area contributed by atoms with E-state index >= 15 is 0 Å². The molecule has 0 aliphatic carbocycles. The first kappa shape index (κ1) is 17.1. The van der Waals surface area contributed by atoms with Crippen molar-refractivity contribution in [2.75, 3.05) is 33.0 Å². The van der Waals surface area contributed by atoms with E-state index in [0.717, 1.165) is 36.7 Å². The van der Waals surface area contributed by atoms with Gasteiger partial charge in [0.05, 0.1) is 10.6 Å². The van der Waals surface area contributed by atoms with Gasteiger partial charge >= 0.3 is 0 Å². The van der Waals surface area contributed by atoms with Crippen LogP contribution in [0.1, 0.15) is 15.9 Å². The largest absolute Gasteiger partial charge is 0.454 e. The molecular weight excluding hydrogens is 359 g/mol. The van der Waals surface area contributed by atoms with Gasteiger partial charge in [0.1, 0.15) is 5.82 Å². The number of nitrogens with zero attached hydrogens (tertiary/aromatic N) is 2. The summed E-state index contributed by atoms with van der Waals surface area (Å²) in [5.74, 6) is 0.959. The van der Waals surface area contributed by atoms with Crippen molar-refractivity contribution in [1.82, 2.24) is 9.80 Å². The number of piperazine rings is 1. The molecule has 2 aliphatic rings. The van der Waals surface area contributed by atoms with Crippen LogP contribution in [-0.2, 0) is 6.54 Å². The molecule has 2 aromatic carbocycles. The summed E-state index contributed by atoms with van der Waals surface area (Å²) < 4.78 is 23.9. The van der Waals surface area contributed by atoms with E-state index in [1.807, 2.05) is 18.2 Å². The predicted molar refractivity (Wildman–Crippen MR) is 95.2 cm³/mol. The third-order valence-corrected chi connectivity index (χ3v) is 4.98. The molecule has 0 atom stereocenters. The smallest absolute Gasteiger partial charge is 0.255 e. The number of carbonyl (C=O) groups is 1. The molecule has 4 rings (SSSR count). The van der Waals surface area contributed by atoms with Gasteiger partial charge in [-0.1, -0.05) is 17.7 Å². The fourth-order valence-electron chi connectivity index (χ4n) is 3.24. The molecular formula is C19H18ClFN2O3. The Bertz CT molecular complexity index is 838. The molecule has 136 valence electrons. The second kappa shape index (κ2) is 7.13. The molecule has 0 aromatic heterocycles. The molecule has 1 amide bonds. The molecule has 0 saturated carbocycles. The third-order valence-electron chi connectivity index (χ3n) is 4.66. The van der Waals surface area contributed by atoms with Crippen molar-refractivity contribution in [1.29, 1.82) is 0 Å². The van der Waals surface area contributed by atoms with Crippen LogP contribution in [-0.4, -0.2) is 48.7 Å². The molecule has 5 nitrogen and oxygen atoms in total. The first-order valence-corrected chi connectivity index (χ1v) is 8.83. The van der Waals surface area contributed by atoms with Crippen LogP contribution in [0.3, 0.4) is 0 Å². The number of hydrogen-bond acceptors (Lipinski definition) is 4. The first-order chi connectivity index (χ1) is 12.6. The van der Waals surface area contributed by atoms with Gasteiger partial charge in [-0.3, -0.25) is 9.69 Å². The molecule has 0 bridgehead atoms. The zero-order valence-corrected chi connectivity index (χ0v) is 14.8. The van der Waals surface area contributed by atoms with Gasteiger partial charge in [0.2, 0.25) is 6.79 Å². The Kier molecular flexibility index (Phi) is 4.70. The normalized spacial score (nSPS) is 16.8. The van der Waals surface area contributed by atoms with E-state index in [1.165, 1.54) is 18.2 Å². The van der Waals surface area contributed by atoms with Crippen LogP contribution in [0.2, 0.25) is 5.02 Å². The van der Waals surface area contributed by atoms with Crippen molar-refractivity contribution in [2.45, 2.75) is 6.54 Å². The standard InChI is InChI=1S/C19H18ClFN2O3/c20-16-10-14(21)2-3-15(16)19(24)23-7-5-22(6-8-23)11-13-1-4-17-18(9-13)26-12-25-17/h1-4,9-10H,5-8,11-12H2. The molecule has 26 heavy (non-hydrogen) atoms. The zero-order valence-electron chi connectivity index (χ0n) is 14.1. The predicted octanol–water partition coefficient (Wildman–Crippen LogP) is 3.17. The van der Waals surface area contributed by atoms with E-state index in [9.17, 15) is 9.18 Å². The Morgan fingerprint density at radius 3 is 2.58 bits per heavy atom. The Hall–Kier alpha value is -2.31. The summed E-state index contributed by atoms with van der Waals surface area (Å²) in [6.45, 7) is 3.80. The molecule has 0 unspecified atom stereocenters. The van der Waals surface area contributed by atoms with Gasteiger partial charge in [0.25, 0.3) is 5.91 Å². The Labute approximate surface area is 155 Å². The van der Waals surface area contributed by atoms with Crippen LogP contribution < -0.4 is 9.47 Å². The molecule has 1 saturated heterocycles. The minimum Gasteiger partial charge on any atom is -0.454 e. The van der Waals surface area contributed by atoms with Crippen molar-refractivity contribution >= 4 is 17.5 Å². The van der Waals surface area contributed by atoms with Crippen LogP contribution in [0.5, 0.6) is 11.5 Å². The van der Waals surface area contributed by atoms with Crippen LogP contribution in [0.15, 0.2) is 36.4 Å². The van der Waals surface area contributed by atoms with Crippen LogP contribution in [0.4, 0.5) is 4.39 Å². The maximum absolute atomic E-state index is 13.2. The number of ether oxygens (including phenoxy) is 2. The van der Waals surface area contributed by atoms with Gasteiger partial charge < -0.3 is 14.4 Å². The fourth-order valence-corrected chi connectivity index (χ4v) is 3.49. The highest BCUT2D eigenvalue weighted by atomic mass is 35.5. The summed E-state index contributed by atoms with van der Waals surface area (Å²) >= 11 is 6.01. The van der Waals surface area contributed by atoms with Crippen molar-refractivity contribution in [3.63, 3.8) is 0 Å². The van der Waals surface area contributed by atoms with Gasteiger partial charge in [-0.05, 0) is 35.9 Å². The van der Waals surface area contributed by atoms with Gasteiger partial charge in [0, 0.05) is 32.7 Å². The van der Waals surface area contributed by atoms with Gasteiger partial charge in [0.15, 0.2) is 11.5 Å². The summed E-state index contributed by atoms with van der Waals surface area (Å²) in [4.78, 5) is 16.6. The zero-order chi connectivity index (χ0) is 18.1. The second-order valence-corrected chi connectivity index (χ2v) is 6.79. The molecule has 0 spiro atoms. The number of halogens is 2. The quantitative estimate of drug-likeness (QED) is 0.825. The van der Waals surface area contributed by atoms with Gasteiger partial charge in [-0.15, -0.1) is 0 Å². The lowest BCUT2D eigenvalue weighted by atomic mass is 10.1. The molecule has 1 fully saturated rings. The van der Waals surface area contributed by atoms with E-state index in [4.69, 9.17) is 21.1 Å². The average Bonchev–Trinajstić information content (AvgIpc) is 3.10. The second-order valence-electron chi connectivity index (χ2n) is 6.38. The lowest BCUT2D eigenvalue weighted by Gasteiger charge is -2.35. The van der Waals surface area contributed by atoms with E-state index in [-0.39, 0.29) is 17.7 Å². The van der Waals surface area contributed by atoms with E-state index in [0.29, 0.717) is 18.7 Å². The highest BCUT2D eigenvalue weighted by Gasteiger charge is 2.24. The number of amides is 1. The highest BCUT2D eigenvalue weighted by molar-refractivity contribution is 6.33. The van der Waals surface area contributed by atoms with Crippen LogP contribution in [0.25, 0.3) is 0 Å². The molecule has 2 heterocycles. The Morgan fingerprint density at radius 1 is 1.04 bits per heavy atom. The molecule has 0 N–H and O–H groups in total. The Balaban J connectivity index is 1.36. The van der Waals surface area contributed by atoms with E-state index in [1.54, 1.807) is 4.90 Å². The summed E-state index contributed by atoms with van der Waals surface area (Å²) in [5, 5.41) is 0.151. The minimum absolute atomic E-state index is 0.151. The molecule has 7 heteroatoms. The maximum Gasteiger partial charge on any atom is 0.255 e. The number of fused-ring (bicyclic) bond motifs is 1. The number of carbonyl (C=O) groups excluding carboxylic acids is 1. The summed E-state index contributed by atoms with van der Waals surface area (Å²) in [5.41, 5.74) is 1.49. The first-order valence-electron chi connectivity index (χ1n) is 8.45. The number of hydrogen-bond donors (Lipinski definition) is 0. The number of rotatable bonds is 3. The highest BCUT2D eigenvalue weighted by Crippen LogP contribution is 2.32. The SMILES string of the molecule is O=C(c1ccc(F)cc1Cl)N1CCN(Cc2ccc3c(c2)OCO3)CC1. The average molecular weight is 377 g/mol. The van der Waals surface area contributed by atoms with Gasteiger partial charge in [-0.25, -0.2) is 4.39 Å². The van der Waals surface area contributed by atoms with Gasteiger partial charge in [-0.2, -0.15) is 0 Å². The van der Waals surface area contributed by atoms with Crippen LogP contribution in [0, 0.1) is 5.82 Å². The summed E-state index contributed by atoms with van der Waals surface area (Å²) in [6.07, 6.45) is 0. The topological polar surface area (TPSA) is 42.0 Å². The molecule has 0 radical (unpaired) electrons. The lowest BCUT2D eigenvalue weighted by Crippen LogP contribution is -2.48. The summed E-state index contributed by atoms with van der Waals surface area (Å²) in [7, 11) is 0. The van der Waals surface area contributed by atoms with Crippen molar-refractivity contribution in [2.24, 2.45) is 0 Å². The van der Waals surface area contributed by atoms with Crippen molar-refractivity contribution in [3.8, 4) is 11.5 Å². The maximum atomic E-state index is 13.2. The van der Waals surface area contributed by atoms with E-state index < -0.39 is 5.82 Å². The summed E-state index contributed by atoms with van der Waals surface area (Å²) in [6, 6.07) is 9.83. The Morgan fingerprint density at radius 2 is 1.81 bits per heavy atom. The monoisotopic (exact) mass is 376 g/mol. The fraction of sp³-hybridized carbons (Fsp3) is 0.316.